The molecule has 1 fully saturated rings. The molecule has 45 heavy (non-hydrogen) atoms. The number of amides is 2. The summed E-state index contributed by atoms with van der Waals surface area (Å²) in [6.07, 6.45) is 1.77. The number of hydrogen-bond donors (Lipinski definition) is 0. The van der Waals surface area contributed by atoms with E-state index < -0.39 is 0 Å². The lowest BCUT2D eigenvalue weighted by molar-refractivity contribution is -0.133. The topological polar surface area (TPSA) is 99.0 Å². The highest BCUT2D eigenvalue weighted by Gasteiger charge is 2.30. The zero-order valence-corrected chi connectivity index (χ0v) is 27.0. The third-order valence-electron chi connectivity index (χ3n) is 7.84. The van der Waals surface area contributed by atoms with Crippen LogP contribution in [0.4, 0.5) is 0 Å². The number of piperazine rings is 1. The van der Waals surface area contributed by atoms with Gasteiger partial charge in [-0.1, -0.05) is 42.1 Å². The lowest BCUT2D eigenvalue weighted by Gasteiger charge is -2.40. The Hall–Kier alpha value is -4.51. The summed E-state index contributed by atoms with van der Waals surface area (Å²) < 4.78 is 18.1. The molecule has 0 radical (unpaired) electrons. The van der Waals surface area contributed by atoms with Crippen LogP contribution < -0.4 is 14.2 Å². The average Bonchev–Trinajstić information content (AvgIpc) is 3.48. The van der Waals surface area contributed by atoms with E-state index in [0.717, 1.165) is 33.7 Å². The van der Waals surface area contributed by atoms with E-state index in [1.807, 2.05) is 59.2 Å². The van der Waals surface area contributed by atoms with Crippen molar-refractivity contribution in [3.05, 3.63) is 89.7 Å². The van der Waals surface area contributed by atoms with Crippen molar-refractivity contribution < 1.29 is 23.8 Å². The van der Waals surface area contributed by atoms with Gasteiger partial charge in [0.05, 0.1) is 21.3 Å². The Morgan fingerprint density at radius 3 is 2.20 bits per heavy atom. The number of methoxy groups -OCH3 is 3. The van der Waals surface area contributed by atoms with Crippen LogP contribution in [0.1, 0.15) is 41.5 Å². The fourth-order valence-electron chi connectivity index (χ4n) is 5.40. The first kappa shape index (κ1) is 31.9. The fourth-order valence-corrected chi connectivity index (χ4v) is 6.31. The predicted octanol–water partition coefficient (Wildman–Crippen LogP) is 5.13. The van der Waals surface area contributed by atoms with Gasteiger partial charge in [0.2, 0.25) is 5.91 Å². The number of benzene rings is 3. The molecule has 0 spiro atoms. The van der Waals surface area contributed by atoms with Crippen molar-refractivity contribution in [3.8, 4) is 22.9 Å². The Morgan fingerprint density at radius 1 is 0.867 bits per heavy atom. The van der Waals surface area contributed by atoms with Gasteiger partial charge < -0.3 is 24.0 Å². The maximum atomic E-state index is 13.3. The number of aromatic nitrogens is 3. The zero-order chi connectivity index (χ0) is 31.8. The third-order valence-corrected chi connectivity index (χ3v) is 8.86. The molecule has 1 aliphatic rings. The van der Waals surface area contributed by atoms with E-state index >= 15 is 0 Å². The lowest BCUT2D eigenvalue weighted by atomic mass is 10.1. The molecule has 10 nitrogen and oxygen atoms in total. The number of carbonyl (C=O) groups is 2. The summed E-state index contributed by atoms with van der Waals surface area (Å²) >= 11 is 1.59. The number of nitrogens with zero attached hydrogens (tertiary/aromatic N) is 5. The summed E-state index contributed by atoms with van der Waals surface area (Å²) in [6.45, 7) is 3.43. The third kappa shape index (κ3) is 7.78. The van der Waals surface area contributed by atoms with E-state index in [1.165, 1.54) is 0 Å². The van der Waals surface area contributed by atoms with E-state index in [9.17, 15) is 9.59 Å². The highest BCUT2D eigenvalue weighted by molar-refractivity contribution is 7.99. The molecular formula is C34H39N5O5S. The van der Waals surface area contributed by atoms with Crippen LogP contribution in [-0.4, -0.2) is 89.1 Å². The first-order valence-electron chi connectivity index (χ1n) is 15.0. The van der Waals surface area contributed by atoms with Gasteiger partial charge in [0.15, 0.2) is 5.16 Å². The molecule has 0 saturated carbocycles. The standard InChI is InChI=1S/C34H39N5O5S/c1-24-23-37(16-17-38(24)33(41)26-20-29(43-3)22-30(21-26)44-4)32(40)11-8-18-45-34-36-35-31(19-25-9-6-5-7-10-25)39(34)27-12-14-28(42-2)15-13-27/h5-7,9-10,12-15,20-22,24H,8,11,16-19,23H2,1-4H3. The minimum Gasteiger partial charge on any atom is -0.497 e. The van der Waals surface area contributed by atoms with Crippen LogP contribution in [0.25, 0.3) is 5.69 Å². The van der Waals surface area contributed by atoms with E-state index in [2.05, 4.69) is 26.9 Å². The molecule has 1 aromatic heterocycles. The quantitative estimate of drug-likeness (QED) is 0.157. The molecule has 5 rings (SSSR count). The normalized spacial score (nSPS) is 14.7. The first-order valence-corrected chi connectivity index (χ1v) is 16.0. The molecule has 1 unspecified atom stereocenters. The minimum absolute atomic E-state index is 0.0963. The van der Waals surface area contributed by atoms with Crippen molar-refractivity contribution in [2.45, 2.75) is 37.4 Å². The van der Waals surface area contributed by atoms with Gasteiger partial charge in [0.25, 0.3) is 5.91 Å². The molecule has 1 saturated heterocycles. The Kier molecular flexibility index (Phi) is 10.6. The molecule has 0 N–H and O–H groups in total. The number of carbonyl (C=O) groups excluding carboxylic acids is 2. The molecule has 0 bridgehead atoms. The van der Waals surface area contributed by atoms with Crippen molar-refractivity contribution in [3.63, 3.8) is 0 Å². The van der Waals surface area contributed by atoms with Crippen LogP contribution in [0.5, 0.6) is 17.2 Å². The number of ether oxygens (including phenoxy) is 3. The van der Waals surface area contributed by atoms with Crippen molar-refractivity contribution in [1.82, 2.24) is 24.6 Å². The zero-order valence-electron chi connectivity index (χ0n) is 26.1. The molecule has 11 heteroatoms. The largest absolute Gasteiger partial charge is 0.497 e. The highest BCUT2D eigenvalue weighted by Crippen LogP contribution is 2.27. The smallest absolute Gasteiger partial charge is 0.254 e. The second-order valence-corrected chi connectivity index (χ2v) is 11.9. The van der Waals surface area contributed by atoms with Gasteiger partial charge in [-0.3, -0.25) is 14.2 Å². The number of rotatable bonds is 12. The Balaban J connectivity index is 1.17. The van der Waals surface area contributed by atoms with Crippen LogP contribution in [-0.2, 0) is 11.2 Å². The van der Waals surface area contributed by atoms with Crippen LogP contribution in [0.2, 0.25) is 0 Å². The van der Waals surface area contributed by atoms with Crippen molar-refractivity contribution in [2.24, 2.45) is 0 Å². The number of hydrogen-bond acceptors (Lipinski definition) is 8. The predicted molar refractivity (Wildman–Crippen MR) is 174 cm³/mol. The van der Waals surface area contributed by atoms with E-state index in [4.69, 9.17) is 14.2 Å². The van der Waals surface area contributed by atoms with Gasteiger partial charge in [-0.05, 0) is 55.3 Å². The summed E-state index contributed by atoms with van der Waals surface area (Å²) in [7, 11) is 4.77. The SMILES string of the molecule is COc1ccc(-n2c(Cc3ccccc3)nnc2SCCCC(=O)N2CCN(C(=O)c3cc(OC)cc(OC)c3)C(C)C2)cc1. The molecule has 2 heterocycles. The molecule has 1 atom stereocenters. The van der Waals surface area contributed by atoms with E-state index in [0.29, 0.717) is 56.0 Å². The fraction of sp³-hybridized carbons (Fsp3) is 0.353. The number of thioether (sulfide) groups is 1. The lowest BCUT2D eigenvalue weighted by Crippen LogP contribution is -2.55. The Bertz CT molecular complexity index is 1570. The maximum Gasteiger partial charge on any atom is 0.254 e. The summed E-state index contributed by atoms with van der Waals surface area (Å²) in [4.78, 5) is 30.2. The van der Waals surface area contributed by atoms with Crippen LogP contribution >= 0.6 is 11.8 Å². The summed E-state index contributed by atoms with van der Waals surface area (Å²) in [5, 5.41) is 9.83. The van der Waals surface area contributed by atoms with Crippen LogP contribution in [0, 0.1) is 0 Å². The van der Waals surface area contributed by atoms with E-state index in [1.54, 1.807) is 51.3 Å². The average molecular weight is 630 g/mol. The summed E-state index contributed by atoms with van der Waals surface area (Å²) in [6, 6.07) is 23.1. The molecule has 3 aromatic carbocycles. The molecular weight excluding hydrogens is 590 g/mol. The second kappa shape index (κ2) is 15.0. The van der Waals surface area contributed by atoms with E-state index in [-0.39, 0.29) is 17.9 Å². The molecule has 1 aliphatic heterocycles. The molecule has 236 valence electrons. The second-order valence-electron chi connectivity index (χ2n) is 10.8. The van der Waals surface area contributed by atoms with Gasteiger partial charge in [-0.25, -0.2) is 0 Å². The van der Waals surface area contributed by atoms with Crippen molar-refractivity contribution in [2.75, 3.05) is 46.7 Å². The van der Waals surface area contributed by atoms with Gasteiger partial charge >= 0.3 is 0 Å². The molecule has 4 aromatic rings. The maximum absolute atomic E-state index is 13.3. The Labute approximate surface area is 268 Å². The van der Waals surface area contributed by atoms with Crippen molar-refractivity contribution in [1.29, 1.82) is 0 Å². The first-order chi connectivity index (χ1) is 21.9. The van der Waals surface area contributed by atoms with Gasteiger partial charge in [-0.2, -0.15) is 0 Å². The summed E-state index contributed by atoms with van der Waals surface area (Å²) in [5.74, 6) is 3.47. The highest BCUT2D eigenvalue weighted by atomic mass is 32.2. The van der Waals surface area contributed by atoms with Crippen molar-refractivity contribution >= 4 is 23.6 Å². The van der Waals surface area contributed by atoms with Crippen LogP contribution in [0.3, 0.4) is 0 Å². The van der Waals surface area contributed by atoms with Gasteiger partial charge in [0, 0.05) is 61.6 Å². The van der Waals surface area contributed by atoms with Crippen LogP contribution in [0.15, 0.2) is 78.0 Å². The Morgan fingerprint density at radius 2 is 1.56 bits per heavy atom. The molecule has 2 amide bonds. The minimum atomic E-state index is -0.118. The monoisotopic (exact) mass is 629 g/mol. The molecule has 0 aliphatic carbocycles. The van der Waals surface area contributed by atoms with Gasteiger partial charge in [0.1, 0.15) is 23.1 Å². The van der Waals surface area contributed by atoms with Gasteiger partial charge in [-0.15, -0.1) is 10.2 Å². The summed E-state index contributed by atoms with van der Waals surface area (Å²) in [5.41, 5.74) is 2.62.